The van der Waals surface area contributed by atoms with Crippen LogP contribution in [-0.2, 0) is 11.2 Å². The molecule has 0 radical (unpaired) electrons. The zero-order valence-corrected chi connectivity index (χ0v) is 16.0. The van der Waals surface area contributed by atoms with Crippen LogP contribution in [0.1, 0.15) is 31.4 Å². The highest BCUT2D eigenvalue weighted by molar-refractivity contribution is 7.16. The third-order valence-electron chi connectivity index (χ3n) is 3.85. The lowest BCUT2D eigenvalue weighted by molar-refractivity contribution is 0.0593. The van der Waals surface area contributed by atoms with Gasteiger partial charge in [0.15, 0.2) is 16.6 Å². The highest BCUT2D eigenvalue weighted by Gasteiger charge is 2.21. The molecule has 3 aromatic rings. The third kappa shape index (κ3) is 4.26. The minimum Gasteiger partial charge on any atom is -0.491 e. The summed E-state index contributed by atoms with van der Waals surface area (Å²) in [7, 11) is 2.64. The van der Waals surface area contributed by atoms with Gasteiger partial charge in [0, 0.05) is 23.6 Å². The van der Waals surface area contributed by atoms with E-state index in [2.05, 4.69) is 15.3 Å². The molecule has 0 aliphatic rings. The molecule has 0 fully saturated rings. The molecule has 0 saturated heterocycles. The average Bonchev–Trinajstić information content (AvgIpc) is 3.10. The summed E-state index contributed by atoms with van der Waals surface area (Å²) in [6.45, 7) is 0. The fourth-order valence-electron chi connectivity index (χ4n) is 2.48. The Morgan fingerprint density at radius 3 is 2.61 bits per heavy atom. The predicted octanol–water partition coefficient (Wildman–Crippen LogP) is 2.47. The normalized spacial score (nSPS) is 10.4. The zero-order valence-electron chi connectivity index (χ0n) is 15.1. The molecule has 0 aliphatic carbocycles. The fourth-order valence-corrected chi connectivity index (χ4v) is 3.45. The van der Waals surface area contributed by atoms with Crippen LogP contribution in [0.4, 0.5) is 5.13 Å². The first-order chi connectivity index (χ1) is 13.5. The van der Waals surface area contributed by atoms with Gasteiger partial charge in [-0.15, -0.1) is 11.3 Å². The monoisotopic (exact) mass is 399 g/mol. The Morgan fingerprint density at radius 2 is 1.96 bits per heavy atom. The number of pyridine rings is 1. The molecule has 3 rings (SSSR count). The molecule has 0 atom stereocenters. The highest BCUT2D eigenvalue weighted by atomic mass is 32.1. The van der Waals surface area contributed by atoms with Crippen LogP contribution in [0, 0.1) is 0 Å². The summed E-state index contributed by atoms with van der Waals surface area (Å²) in [6, 6.07) is 10.7. The van der Waals surface area contributed by atoms with E-state index < -0.39 is 17.3 Å². The second kappa shape index (κ2) is 8.49. The lowest BCUT2D eigenvalue weighted by Crippen LogP contribution is -2.17. The van der Waals surface area contributed by atoms with E-state index in [1.165, 1.54) is 31.8 Å². The van der Waals surface area contributed by atoms with E-state index in [9.17, 15) is 14.4 Å². The molecule has 0 aliphatic heterocycles. The number of nitrogens with zero attached hydrogens (tertiary/aromatic N) is 1. The number of carbonyl (C=O) groups is 2. The third-order valence-corrected chi connectivity index (χ3v) is 4.82. The molecular formula is C19H17N3O5S. The van der Waals surface area contributed by atoms with Crippen LogP contribution in [0.3, 0.4) is 0 Å². The number of amides is 1. The number of esters is 1. The molecule has 1 amide bonds. The zero-order chi connectivity index (χ0) is 20.1. The van der Waals surface area contributed by atoms with Crippen molar-refractivity contribution in [3.05, 3.63) is 74.6 Å². The summed E-state index contributed by atoms with van der Waals surface area (Å²) < 4.78 is 9.67. The first-order valence-corrected chi connectivity index (χ1v) is 9.03. The van der Waals surface area contributed by atoms with Gasteiger partial charge in [0.25, 0.3) is 5.91 Å². The molecule has 2 aromatic heterocycles. The molecule has 0 unspecified atom stereocenters. The van der Waals surface area contributed by atoms with Gasteiger partial charge in [-0.05, 0) is 5.56 Å². The Kier molecular flexibility index (Phi) is 5.85. The van der Waals surface area contributed by atoms with Crippen LogP contribution >= 0.6 is 11.3 Å². The maximum absolute atomic E-state index is 12.4. The predicted molar refractivity (Wildman–Crippen MR) is 104 cm³/mol. The topological polar surface area (TPSA) is 110 Å². The SMILES string of the molecule is COC(=O)c1nc(NC(=O)c2cc(=O)c(OC)c[nH]2)sc1Cc1ccccc1. The number of hydrogen-bond acceptors (Lipinski definition) is 7. The summed E-state index contributed by atoms with van der Waals surface area (Å²) in [5.74, 6) is -1.04. The van der Waals surface area contributed by atoms with Gasteiger partial charge in [-0.25, -0.2) is 9.78 Å². The number of aromatic nitrogens is 2. The van der Waals surface area contributed by atoms with Crippen LogP contribution in [0.25, 0.3) is 0 Å². The van der Waals surface area contributed by atoms with Crippen LogP contribution < -0.4 is 15.5 Å². The smallest absolute Gasteiger partial charge is 0.357 e. The van der Waals surface area contributed by atoms with Gasteiger partial charge >= 0.3 is 5.97 Å². The van der Waals surface area contributed by atoms with Gasteiger partial charge in [0.1, 0.15) is 5.69 Å². The molecular weight excluding hydrogens is 382 g/mol. The molecule has 2 N–H and O–H groups in total. The highest BCUT2D eigenvalue weighted by Crippen LogP contribution is 2.26. The fraction of sp³-hybridized carbons (Fsp3) is 0.158. The van der Waals surface area contributed by atoms with Gasteiger partial charge in [-0.2, -0.15) is 0 Å². The molecule has 0 bridgehead atoms. The molecule has 9 heteroatoms. The number of H-pyrrole nitrogens is 1. The number of carbonyl (C=O) groups excluding carboxylic acids is 2. The van der Waals surface area contributed by atoms with Gasteiger partial charge < -0.3 is 14.5 Å². The van der Waals surface area contributed by atoms with Gasteiger partial charge in [-0.1, -0.05) is 30.3 Å². The molecule has 0 saturated carbocycles. The molecule has 0 spiro atoms. The minimum absolute atomic E-state index is 0.0465. The molecule has 8 nitrogen and oxygen atoms in total. The lowest BCUT2D eigenvalue weighted by atomic mass is 10.1. The summed E-state index contributed by atoms with van der Waals surface area (Å²) >= 11 is 1.17. The minimum atomic E-state index is -0.583. The maximum atomic E-state index is 12.4. The van der Waals surface area contributed by atoms with E-state index in [1.54, 1.807) is 0 Å². The lowest BCUT2D eigenvalue weighted by Gasteiger charge is -2.03. The van der Waals surface area contributed by atoms with E-state index >= 15 is 0 Å². The number of methoxy groups -OCH3 is 2. The first kappa shape index (κ1) is 19.3. The molecule has 2 heterocycles. The van der Waals surface area contributed by atoms with Crippen molar-refractivity contribution < 1.29 is 19.1 Å². The second-order valence-electron chi connectivity index (χ2n) is 5.68. The Morgan fingerprint density at radius 1 is 1.21 bits per heavy atom. The van der Waals surface area contributed by atoms with E-state index in [4.69, 9.17) is 9.47 Å². The molecule has 28 heavy (non-hydrogen) atoms. The molecule has 1 aromatic carbocycles. The number of anilines is 1. The van der Waals surface area contributed by atoms with Crippen LogP contribution in [0.15, 0.2) is 47.4 Å². The van der Waals surface area contributed by atoms with E-state index in [0.717, 1.165) is 11.6 Å². The largest absolute Gasteiger partial charge is 0.491 e. The summed E-state index contributed by atoms with van der Waals surface area (Å²) in [6.07, 6.45) is 1.78. The van der Waals surface area contributed by atoms with Crippen molar-refractivity contribution in [1.29, 1.82) is 0 Å². The first-order valence-electron chi connectivity index (χ1n) is 8.22. The number of rotatable bonds is 6. The molecule has 144 valence electrons. The van der Waals surface area contributed by atoms with Crippen LogP contribution in [-0.4, -0.2) is 36.1 Å². The average molecular weight is 399 g/mol. The Hall–Kier alpha value is -3.46. The number of aromatic amines is 1. The van der Waals surface area contributed by atoms with E-state index in [0.29, 0.717) is 11.3 Å². The quantitative estimate of drug-likeness (QED) is 0.616. The van der Waals surface area contributed by atoms with Crippen molar-refractivity contribution in [2.24, 2.45) is 0 Å². The number of benzene rings is 1. The van der Waals surface area contributed by atoms with Gasteiger partial charge in [-0.3, -0.25) is 14.9 Å². The van der Waals surface area contributed by atoms with Crippen molar-refractivity contribution in [3.63, 3.8) is 0 Å². The van der Waals surface area contributed by atoms with Crippen molar-refractivity contribution in [2.45, 2.75) is 6.42 Å². The van der Waals surface area contributed by atoms with Crippen LogP contribution in [0.5, 0.6) is 5.75 Å². The number of hydrogen-bond donors (Lipinski definition) is 2. The van der Waals surface area contributed by atoms with Crippen molar-refractivity contribution in [3.8, 4) is 5.75 Å². The summed E-state index contributed by atoms with van der Waals surface area (Å²) in [5, 5.41) is 2.83. The van der Waals surface area contributed by atoms with Gasteiger partial charge in [0.05, 0.1) is 14.2 Å². The van der Waals surface area contributed by atoms with E-state index in [-0.39, 0.29) is 22.3 Å². The second-order valence-corrected chi connectivity index (χ2v) is 6.76. The van der Waals surface area contributed by atoms with Crippen molar-refractivity contribution in [2.75, 3.05) is 19.5 Å². The summed E-state index contributed by atoms with van der Waals surface area (Å²) in [4.78, 5) is 43.8. The van der Waals surface area contributed by atoms with Crippen LogP contribution in [0.2, 0.25) is 0 Å². The maximum Gasteiger partial charge on any atom is 0.357 e. The Balaban J connectivity index is 1.85. The number of ether oxygens (including phenoxy) is 2. The van der Waals surface area contributed by atoms with E-state index in [1.807, 2.05) is 30.3 Å². The summed E-state index contributed by atoms with van der Waals surface area (Å²) in [5.41, 5.74) is 0.763. The van der Waals surface area contributed by atoms with Gasteiger partial charge in [0.2, 0.25) is 5.43 Å². The van der Waals surface area contributed by atoms with Crippen molar-refractivity contribution in [1.82, 2.24) is 9.97 Å². The standard InChI is InChI=1S/C19H17N3O5S/c1-26-14-10-20-12(9-13(14)23)17(24)22-19-21-16(18(25)27-2)15(28-19)8-11-6-4-3-5-7-11/h3-7,9-10H,8H2,1-2H3,(H,20,23)(H,21,22,24). The Bertz CT molecular complexity index is 1060. The Labute approximate surface area is 164 Å². The number of nitrogens with one attached hydrogen (secondary N) is 2. The number of thiazole rings is 1. The van der Waals surface area contributed by atoms with Crippen molar-refractivity contribution >= 4 is 28.3 Å².